The van der Waals surface area contributed by atoms with Crippen molar-refractivity contribution in [3.05, 3.63) is 29.3 Å². The van der Waals surface area contributed by atoms with Gasteiger partial charge in [0.15, 0.2) is 0 Å². The molecule has 1 amide bonds. The first kappa shape index (κ1) is 17.4. The third-order valence-electron chi connectivity index (χ3n) is 3.08. The predicted octanol–water partition coefficient (Wildman–Crippen LogP) is 2.63. The first-order chi connectivity index (χ1) is 9.92. The fraction of sp³-hybridized carbons (Fsp3) is 0.533. The van der Waals surface area contributed by atoms with E-state index in [2.05, 4.69) is 5.32 Å². The molecule has 0 unspecified atom stereocenters. The second-order valence-electron chi connectivity index (χ2n) is 5.01. The van der Waals surface area contributed by atoms with Crippen LogP contribution < -0.4 is 5.32 Å². The van der Waals surface area contributed by atoms with Gasteiger partial charge in [-0.2, -0.15) is 0 Å². The smallest absolute Gasteiger partial charge is 0.254 e. The number of anilines is 1. The van der Waals surface area contributed by atoms with E-state index in [1.165, 1.54) is 4.90 Å². The molecule has 0 fully saturated rings. The van der Waals surface area contributed by atoms with Crippen LogP contribution in [-0.4, -0.2) is 41.7 Å². The minimum absolute atomic E-state index is 0.0294. The van der Waals surface area contributed by atoms with Crippen molar-refractivity contribution < 1.29 is 18.7 Å². The van der Waals surface area contributed by atoms with Crippen molar-refractivity contribution in [2.45, 2.75) is 33.2 Å². The maximum Gasteiger partial charge on any atom is 0.254 e. The van der Waals surface area contributed by atoms with Gasteiger partial charge in [0.1, 0.15) is 17.3 Å². The van der Waals surface area contributed by atoms with Crippen LogP contribution in [0.5, 0.6) is 0 Å². The summed E-state index contributed by atoms with van der Waals surface area (Å²) >= 11 is 0. The molecule has 0 bridgehead atoms. The first-order valence-corrected chi connectivity index (χ1v) is 7.07. The zero-order valence-electron chi connectivity index (χ0n) is 12.6. The van der Waals surface area contributed by atoms with Gasteiger partial charge in [-0.3, -0.25) is 4.79 Å². The maximum atomic E-state index is 13.9. The van der Waals surface area contributed by atoms with Gasteiger partial charge >= 0.3 is 0 Å². The van der Waals surface area contributed by atoms with E-state index in [9.17, 15) is 13.6 Å². The molecule has 0 atom stereocenters. The van der Waals surface area contributed by atoms with Crippen molar-refractivity contribution in [3.8, 4) is 0 Å². The number of hydrogen-bond donors (Lipinski definition) is 2. The summed E-state index contributed by atoms with van der Waals surface area (Å²) in [6, 6.07) is 1.96. The number of amides is 1. The maximum absolute atomic E-state index is 13.9. The quantitative estimate of drug-likeness (QED) is 0.814. The van der Waals surface area contributed by atoms with E-state index in [-0.39, 0.29) is 23.9 Å². The van der Waals surface area contributed by atoms with Gasteiger partial charge in [0.05, 0.1) is 0 Å². The third kappa shape index (κ3) is 4.39. The SMILES string of the molecule is CCNc1c(F)cc(C(=O)N(CCCO)C(C)C)cc1F. The molecular formula is C15H22F2N2O2. The zero-order chi connectivity index (χ0) is 16.0. The van der Waals surface area contributed by atoms with Gasteiger partial charge in [-0.25, -0.2) is 8.78 Å². The summed E-state index contributed by atoms with van der Waals surface area (Å²) in [5, 5.41) is 11.5. The minimum Gasteiger partial charge on any atom is -0.396 e. The minimum atomic E-state index is -0.786. The van der Waals surface area contributed by atoms with Crippen LogP contribution >= 0.6 is 0 Å². The highest BCUT2D eigenvalue weighted by molar-refractivity contribution is 5.94. The number of benzene rings is 1. The van der Waals surface area contributed by atoms with Crippen molar-refractivity contribution in [2.24, 2.45) is 0 Å². The van der Waals surface area contributed by atoms with Crippen LogP contribution in [0.25, 0.3) is 0 Å². The molecule has 1 rings (SSSR count). The Kier molecular flexibility index (Phi) is 6.55. The summed E-state index contributed by atoms with van der Waals surface area (Å²) in [7, 11) is 0. The molecule has 0 spiro atoms. The number of carbonyl (C=O) groups is 1. The van der Waals surface area contributed by atoms with E-state index in [4.69, 9.17) is 5.11 Å². The second kappa shape index (κ2) is 7.93. The van der Waals surface area contributed by atoms with E-state index in [0.717, 1.165) is 12.1 Å². The fourth-order valence-corrected chi connectivity index (χ4v) is 2.04. The first-order valence-electron chi connectivity index (χ1n) is 7.07. The number of nitrogens with one attached hydrogen (secondary N) is 1. The predicted molar refractivity (Wildman–Crippen MR) is 78.4 cm³/mol. The van der Waals surface area contributed by atoms with Crippen LogP contribution in [0.4, 0.5) is 14.5 Å². The number of aliphatic hydroxyl groups excluding tert-OH is 1. The Labute approximate surface area is 123 Å². The third-order valence-corrected chi connectivity index (χ3v) is 3.08. The summed E-state index contributed by atoms with van der Waals surface area (Å²) in [5.74, 6) is -2.02. The molecule has 0 aliphatic carbocycles. The van der Waals surface area contributed by atoms with Gasteiger partial charge in [-0.05, 0) is 39.3 Å². The van der Waals surface area contributed by atoms with E-state index in [1.54, 1.807) is 6.92 Å². The van der Waals surface area contributed by atoms with Crippen molar-refractivity contribution in [3.63, 3.8) is 0 Å². The number of carbonyl (C=O) groups excluding carboxylic acids is 1. The normalized spacial score (nSPS) is 10.8. The van der Waals surface area contributed by atoms with Crippen LogP contribution in [-0.2, 0) is 0 Å². The van der Waals surface area contributed by atoms with Crippen molar-refractivity contribution in [1.29, 1.82) is 0 Å². The van der Waals surface area contributed by atoms with E-state index in [1.807, 2.05) is 13.8 Å². The molecule has 0 aromatic heterocycles. The molecule has 1 aromatic carbocycles. The van der Waals surface area contributed by atoms with Crippen LogP contribution in [0.3, 0.4) is 0 Å². The van der Waals surface area contributed by atoms with E-state index < -0.39 is 17.5 Å². The fourth-order valence-electron chi connectivity index (χ4n) is 2.04. The van der Waals surface area contributed by atoms with Crippen molar-refractivity contribution in [2.75, 3.05) is 25.0 Å². The lowest BCUT2D eigenvalue weighted by atomic mass is 10.1. The van der Waals surface area contributed by atoms with Gasteiger partial charge < -0.3 is 15.3 Å². The van der Waals surface area contributed by atoms with Gasteiger partial charge in [-0.15, -0.1) is 0 Å². The second-order valence-corrected chi connectivity index (χ2v) is 5.01. The number of nitrogens with zero attached hydrogens (tertiary/aromatic N) is 1. The molecule has 0 aliphatic heterocycles. The molecular weight excluding hydrogens is 278 g/mol. The Bertz CT molecular complexity index is 470. The van der Waals surface area contributed by atoms with Gasteiger partial charge in [0, 0.05) is 31.3 Å². The highest BCUT2D eigenvalue weighted by Gasteiger charge is 2.21. The Balaban J connectivity index is 3.05. The summed E-state index contributed by atoms with van der Waals surface area (Å²) in [6.45, 7) is 6.04. The number of hydrogen-bond acceptors (Lipinski definition) is 3. The molecule has 2 N–H and O–H groups in total. The van der Waals surface area contributed by atoms with E-state index in [0.29, 0.717) is 19.5 Å². The lowest BCUT2D eigenvalue weighted by Crippen LogP contribution is -2.38. The molecule has 21 heavy (non-hydrogen) atoms. The Morgan fingerprint density at radius 2 is 1.90 bits per heavy atom. The highest BCUT2D eigenvalue weighted by Crippen LogP contribution is 2.22. The van der Waals surface area contributed by atoms with Gasteiger partial charge in [-0.1, -0.05) is 0 Å². The average Bonchev–Trinajstić information content (AvgIpc) is 2.42. The Morgan fingerprint density at radius 3 is 2.33 bits per heavy atom. The van der Waals surface area contributed by atoms with Crippen LogP contribution in [0.2, 0.25) is 0 Å². The molecule has 0 saturated heterocycles. The lowest BCUT2D eigenvalue weighted by molar-refractivity contribution is 0.0692. The molecule has 0 heterocycles. The molecule has 0 radical (unpaired) electrons. The standard InChI is InChI=1S/C15H22F2N2O2/c1-4-18-14-12(16)8-11(9-13(14)17)15(21)19(10(2)3)6-5-7-20/h8-10,18,20H,4-7H2,1-3H3. The largest absolute Gasteiger partial charge is 0.396 e. The molecule has 6 heteroatoms. The monoisotopic (exact) mass is 300 g/mol. The lowest BCUT2D eigenvalue weighted by Gasteiger charge is -2.26. The number of aliphatic hydroxyl groups is 1. The molecule has 0 saturated carbocycles. The number of halogens is 2. The van der Waals surface area contributed by atoms with Crippen LogP contribution in [0, 0.1) is 11.6 Å². The van der Waals surface area contributed by atoms with Gasteiger partial charge in [0.25, 0.3) is 5.91 Å². The molecule has 4 nitrogen and oxygen atoms in total. The molecule has 118 valence electrons. The summed E-state index contributed by atoms with van der Waals surface area (Å²) in [6.07, 6.45) is 0.421. The van der Waals surface area contributed by atoms with Crippen LogP contribution in [0.15, 0.2) is 12.1 Å². The Hall–Kier alpha value is -1.69. The van der Waals surface area contributed by atoms with Gasteiger partial charge in [0.2, 0.25) is 0 Å². The Morgan fingerprint density at radius 1 is 1.33 bits per heavy atom. The van der Waals surface area contributed by atoms with Crippen LogP contribution in [0.1, 0.15) is 37.6 Å². The van der Waals surface area contributed by atoms with Crippen molar-refractivity contribution in [1.82, 2.24) is 4.90 Å². The molecule has 0 aliphatic rings. The number of rotatable bonds is 7. The molecule has 1 aromatic rings. The van der Waals surface area contributed by atoms with Crippen molar-refractivity contribution >= 4 is 11.6 Å². The summed E-state index contributed by atoms with van der Waals surface area (Å²) in [5.41, 5.74) is -0.251. The summed E-state index contributed by atoms with van der Waals surface area (Å²) < 4.78 is 27.7. The average molecular weight is 300 g/mol. The highest BCUT2D eigenvalue weighted by atomic mass is 19.1. The topological polar surface area (TPSA) is 52.6 Å². The summed E-state index contributed by atoms with van der Waals surface area (Å²) in [4.78, 5) is 13.8. The van der Waals surface area contributed by atoms with E-state index >= 15 is 0 Å². The zero-order valence-corrected chi connectivity index (χ0v) is 12.6.